The number of fused-ring (bicyclic) bond motifs is 1. The summed E-state index contributed by atoms with van der Waals surface area (Å²) in [5.74, 6) is -2.57. The molecule has 2 aromatic carbocycles. The number of carboxylic acids is 1. The molecule has 1 atom stereocenters. The average molecular weight is 421 g/mol. The molecule has 9 heteroatoms. The number of carbonyl (C=O) groups excluding carboxylic acids is 4. The van der Waals surface area contributed by atoms with Crippen LogP contribution in [0.5, 0.6) is 0 Å². The SMILES string of the molecule is O=C1CCC(N2Cc3ccc(C(=O)NCc4ccc(C(=O)O)cc4)cc3C2=O)C(=O)N1. The van der Waals surface area contributed by atoms with Crippen LogP contribution in [0.25, 0.3) is 0 Å². The number of imide groups is 1. The summed E-state index contributed by atoms with van der Waals surface area (Å²) >= 11 is 0. The lowest BCUT2D eigenvalue weighted by Crippen LogP contribution is -2.52. The van der Waals surface area contributed by atoms with Crippen molar-refractivity contribution in [2.24, 2.45) is 0 Å². The first kappa shape index (κ1) is 20.3. The van der Waals surface area contributed by atoms with Gasteiger partial charge in [-0.3, -0.25) is 24.5 Å². The van der Waals surface area contributed by atoms with Gasteiger partial charge < -0.3 is 15.3 Å². The Morgan fingerprint density at radius 3 is 2.45 bits per heavy atom. The molecule has 4 rings (SSSR count). The zero-order valence-corrected chi connectivity index (χ0v) is 16.4. The Balaban J connectivity index is 1.43. The third-order valence-corrected chi connectivity index (χ3v) is 5.44. The van der Waals surface area contributed by atoms with Gasteiger partial charge in [0.15, 0.2) is 0 Å². The largest absolute Gasteiger partial charge is 0.478 e. The maximum atomic E-state index is 12.8. The Labute approximate surface area is 177 Å². The van der Waals surface area contributed by atoms with Gasteiger partial charge in [-0.2, -0.15) is 0 Å². The number of aromatic carboxylic acids is 1. The lowest BCUT2D eigenvalue weighted by molar-refractivity contribution is -0.136. The van der Waals surface area contributed by atoms with E-state index in [1.165, 1.54) is 23.1 Å². The minimum absolute atomic E-state index is 0.160. The summed E-state index contributed by atoms with van der Waals surface area (Å²) in [5.41, 5.74) is 2.28. The molecule has 0 spiro atoms. The Morgan fingerprint density at radius 1 is 1.06 bits per heavy atom. The van der Waals surface area contributed by atoms with Crippen LogP contribution in [-0.4, -0.2) is 45.6 Å². The van der Waals surface area contributed by atoms with Gasteiger partial charge in [-0.25, -0.2) is 4.79 Å². The van der Waals surface area contributed by atoms with E-state index in [0.717, 1.165) is 11.1 Å². The summed E-state index contributed by atoms with van der Waals surface area (Å²) in [6, 6.07) is 10.3. The molecule has 158 valence electrons. The van der Waals surface area contributed by atoms with E-state index in [1.807, 2.05) is 0 Å². The molecule has 2 aromatic rings. The number of hydrogen-bond donors (Lipinski definition) is 3. The van der Waals surface area contributed by atoms with Crippen molar-refractivity contribution in [1.29, 1.82) is 0 Å². The first-order valence-electron chi connectivity index (χ1n) is 9.71. The molecule has 1 fully saturated rings. The van der Waals surface area contributed by atoms with Crippen molar-refractivity contribution in [1.82, 2.24) is 15.5 Å². The van der Waals surface area contributed by atoms with Crippen molar-refractivity contribution in [2.45, 2.75) is 32.0 Å². The molecule has 31 heavy (non-hydrogen) atoms. The van der Waals surface area contributed by atoms with Crippen molar-refractivity contribution >= 4 is 29.6 Å². The molecular weight excluding hydrogens is 402 g/mol. The summed E-state index contributed by atoms with van der Waals surface area (Å²) in [6.45, 7) is 0.449. The molecule has 1 saturated heterocycles. The summed E-state index contributed by atoms with van der Waals surface area (Å²) < 4.78 is 0. The third kappa shape index (κ3) is 4.02. The van der Waals surface area contributed by atoms with Crippen LogP contribution in [0.1, 0.15) is 55.0 Å². The number of rotatable bonds is 5. The van der Waals surface area contributed by atoms with E-state index >= 15 is 0 Å². The van der Waals surface area contributed by atoms with Gasteiger partial charge >= 0.3 is 5.97 Å². The van der Waals surface area contributed by atoms with Crippen molar-refractivity contribution in [3.05, 3.63) is 70.3 Å². The molecule has 1 unspecified atom stereocenters. The van der Waals surface area contributed by atoms with E-state index in [-0.39, 0.29) is 49.2 Å². The summed E-state index contributed by atoms with van der Waals surface area (Å²) in [5, 5.41) is 13.9. The molecule has 3 N–H and O–H groups in total. The summed E-state index contributed by atoms with van der Waals surface area (Å²) in [7, 11) is 0. The second-order valence-corrected chi connectivity index (χ2v) is 7.46. The number of nitrogens with zero attached hydrogens (tertiary/aromatic N) is 1. The summed E-state index contributed by atoms with van der Waals surface area (Å²) in [6.07, 6.45) is 0.454. The van der Waals surface area contributed by atoms with Crippen LogP contribution < -0.4 is 10.6 Å². The van der Waals surface area contributed by atoms with E-state index in [2.05, 4.69) is 10.6 Å². The van der Waals surface area contributed by atoms with E-state index < -0.39 is 17.9 Å². The predicted octanol–water partition coefficient (Wildman–Crippen LogP) is 1.08. The van der Waals surface area contributed by atoms with Crippen molar-refractivity contribution in [2.75, 3.05) is 0 Å². The Hall–Kier alpha value is -4.01. The van der Waals surface area contributed by atoms with Crippen LogP contribution >= 0.6 is 0 Å². The molecule has 2 aliphatic heterocycles. The first-order valence-corrected chi connectivity index (χ1v) is 9.71. The smallest absolute Gasteiger partial charge is 0.335 e. The second-order valence-electron chi connectivity index (χ2n) is 7.46. The zero-order chi connectivity index (χ0) is 22.1. The van der Waals surface area contributed by atoms with Gasteiger partial charge in [0.2, 0.25) is 11.8 Å². The van der Waals surface area contributed by atoms with Gasteiger partial charge in [0.05, 0.1) is 5.56 Å². The van der Waals surface area contributed by atoms with Crippen LogP contribution in [0, 0.1) is 0 Å². The molecule has 0 saturated carbocycles. The molecule has 2 heterocycles. The highest BCUT2D eigenvalue weighted by Crippen LogP contribution is 2.28. The van der Waals surface area contributed by atoms with Gasteiger partial charge in [0.1, 0.15) is 6.04 Å². The number of hydrogen-bond acceptors (Lipinski definition) is 5. The highest BCUT2D eigenvalue weighted by molar-refractivity contribution is 6.06. The van der Waals surface area contributed by atoms with Crippen molar-refractivity contribution in [3.63, 3.8) is 0 Å². The highest BCUT2D eigenvalue weighted by atomic mass is 16.4. The molecule has 4 amide bonds. The minimum Gasteiger partial charge on any atom is -0.478 e. The van der Waals surface area contributed by atoms with Gasteiger partial charge in [0.25, 0.3) is 11.8 Å². The predicted molar refractivity (Wildman–Crippen MR) is 107 cm³/mol. The summed E-state index contributed by atoms with van der Waals surface area (Å²) in [4.78, 5) is 61.2. The van der Waals surface area contributed by atoms with Gasteiger partial charge in [-0.1, -0.05) is 18.2 Å². The second kappa shape index (κ2) is 8.02. The quantitative estimate of drug-likeness (QED) is 0.619. The highest BCUT2D eigenvalue weighted by Gasteiger charge is 2.39. The minimum atomic E-state index is -1.02. The number of amides is 4. The number of carbonyl (C=O) groups is 5. The fourth-order valence-corrected chi connectivity index (χ4v) is 3.75. The average Bonchev–Trinajstić information content (AvgIpc) is 3.08. The van der Waals surface area contributed by atoms with Crippen LogP contribution in [-0.2, 0) is 22.7 Å². The number of carboxylic acid groups (broad SMARTS) is 1. The van der Waals surface area contributed by atoms with E-state index in [9.17, 15) is 24.0 Å². The fourth-order valence-electron chi connectivity index (χ4n) is 3.75. The van der Waals surface area contributed by atoms with Crippen LogP contribution in [0.2, 0.25) is 0 Å². The normalized spacial score (nSPS) is 17.9. The first-order chi connectivity index (χ1) is 14.8. The van der Waals surface area contributed by atoms with E-state index in [4.69, 9.17) is 5.11 Å². The number of piperidine rings is 1. The zero-order valence-electron chi connectivity index (χ0n) is 16.4. The molecule has 0 bridgehead atoms. The Kier molecular flexibility index (Phi) is 5.24. The molecule has 2 aliphatic rings. The molecule has 9 nitrogen and oxygen atoms in total. The standard InChI is InChI=1S/C22H19N3O6/c26-18-8-7-17(20(28)24-18)25-11-15-6-5-14(9-16(15)21(25)29)19(27)23-10-12-1-3-13(4-2-12)22(30)31/h1-6,9,17H,7-8,10-11H2,(H,23,27)(H,30,31)(H,24,26,28). The monoisotopic (exact) mass is 421 g/mol. The lowest BCUT2D eigenvalue weighted by Gasteiger charge is -2.29. The Bertz CT molecular complexity index is 1110. The van der Waals surface area contributed by atoms with Gasteiger partial charge in [-0.05, 0) is 41.8 Å². The molecule has 0 radical (unpaired) electrons. The van der Waals surface area contributed by atoms with Crippen LogP contribution in [0.4, 0.5) is 0 Å². The molecular formula is C22H19N3O6. The number of benzene rings is 2. The maximum absolute atomic E-state index is 12.8. The third-order valence-electron chi connectivity index (χ3n) is 5.44. The maximum Gasteiger partial charge on any atom is 0.335 e. The van der Waals surface area contributed by atoms with Crippen LogP contribution in [0.15, 0.2) is 42.5 Å². The fraction of sp³-hybridized carbons (Fsp3) is 0.227. The van der Waals surface area contributed by atoms with E-state index in [0.29, 0.717) is 11.1 Å². The topological polar surface area (TPSA) is 133 Å². The van der Waals surface area contributed by atoms with Crippen molar-refractivity contribution < 1.29 is 29.1 Å². The molecule has 0 aromatic heterocycles. The van der Waals surface area contributed by atoms with Crippen LogP contribution in [0.3, 0.4) is 0 Å². The van der Waals surface area contributed by atoms with Gasteiger partial charge in [0, 0.05) is 30.6 Å². The van der Waals surface area contributed by atoms with Gasteiger partial charge in [-0.15, -0.1) is 0 Å². The van der Waals surface area contributed by atoms with E-state index in [1.54, 1.807) is 24.3 Å². The number of nitrogens with one attached hydrogen (secondary N) is 2. The Morgan fingerprint density at radius 2 is 1.77 bits per heavy atom. The molecule has 0 aliphatic carbocycles. The lowest BCUT2D eigenvalue weighted by atomic mass is 10.0. The van der Waals surface area contributed by atoms with Crippen molar-refractivity contribution in [3.8, 4) is 0 Å².